The van der Waals surface area contributed by atoms with Crippen LogP contribution in [-0.2, 0) is 4.84 Å². The maximum atomic E-state index is 12.2. The lowest BCUT2D eigenvalue weighted by molar-refractivity contribution is -0.274. The molecule has 1 aromatic heterocycles. The number of hydrogen-bond donors (Lipinski definition) is 1. The van der Waals surface area contributed by atoms with Crippen LogP contribution in [-0.4, -0.2) is 35.7 Å². The zero-order valence-electron chi connectivity index (χ0n) is 16.2. The topological polar surface area (TPSA) is 72.7 Å². The van der Waals surface area contributed by atoms with Gasteiger partial charge >= 0.3 is 12.4 Å². The third kappa shape index (κ3) is 5.86. The highest BCUT2D eigenvalue weighted by atomic mass is 19.4. The Labute approximate surface area is 166 Å². The van der Waals surface area contributed by atoms with Crippen LogP contribution in [0.2, 0.25) is 0 Å². The molecule has 2 heterocycles. The second-order valence-electron chi connectivity index (χ2n) is 7.05. The van der Waals surface area contributed by atoms with Crippen molar-refractivity contribution in [2.75, 3.05) is 18.0 Å². The molecule has 1 aromatic carbocycles. The predicted molar refractivity (Wildman–Crippen MR) is 100 cm³/mol. The number of nitrogens with one attached hydrogen (secondary N) is 1. The molecular weight excluding hydrogens is 389 g/mol. The van der Waals surface area contributed by atoms with Crippen LogP contribution in [0.15, 0.2) is 35.4 Å². The van der Waals surface area contributed by atoms with Crippen LogP contribution in [0, 0.1) is 0 Å². The Bertz CT molecular complexity index is 813. The number of anilines is 1. The standard InChI is InChI=1S/C19H23F3N4O3/c1-12(2)17-23-18(29-25-17)26-10-8-16(9-11-26)28-24-13(3)14-4-6-15(7-5-14)27-19(20,21)22/h4-7,12,16,24H,3,8-11H2,1-2H3. The van der Waals surface area contributed by atoms with E-state index in [1.807, 2.05) is 18.7 Å². The average Bonchev–Trinajstić information content (AvgIpc) is 3.16. The van der Waals surface area contributed by atoms with Gasteiger partial charge in [0.15, 0.2) is 5.82 Å². The van der Waals surface area contributed by atoms with E-state index in [9.17, 15) is 13.2 Å². The first-order valence-electron chi connectivity index (χ1n) is 9.26. The van der Waals surface area contributed by atoms with Crippen molar-refractivity contribution >= 4 is 11.7 Å². The monoisotopic (exact) mass is 412 g/mol. The molecule has 0 saturated carbocycles. The fourth-order valence-corrected chi connectivity index (χ4v) is 2.83. The second-order valence-corrected chi connectivity index (χ2v) is 7.05. The van der Waals surface area contributed by atoms with Crippen LogP contribution in [0.5, 0.6) is 5.75 Å². The van der Waals surface area contributed by atoms with Gasteiger partial charge in [-0.05, 0) is 42.7 Å². The zero-order valence-corrected chi connectivity index (χ0v) is 16.2. The van der Waals surface area contributed by atoms with Crippen LogP contribution in [0.25, 0.3) is 5.70 Å². The van der Waals surface area contributed by atoms with Gasteiger partial charge in [-0.1, -0.05) is 25.6 Å². The summed E-state index contributed by atoms with van der Waals surface area (Å²) in [5.41, 5.74) is 3.83. The maximum absolute atomic E-state index is 12.2. The van der Waals surface area contributed by atoms with E-state index in [0.29, 0.717) is 36.2 Å². The molecule has 0 bridgehead atoms. The summed E-state index contributed by atoms with van der Waals surface area (Å²) in [5, 5.41) is 3.97. The van der Waals surface area contributed by atoms with Gasteiger partial charge in [0.25, 0.3) is 0 Å². The van der Waals surface area contributed by atoms with Crippen LogP contribution < -0.4 is 15.1 Å². The largest absolute Gasteiger partial charge is 0.573 e. The molecular formula is C19H23F3N4O3. The summed E-state index contributed by atoms with van der Waals surface area (Å²) < 4.78 is 45.8. The number of benzene rings is 1. The smallest absolute Gasteiger partial charge is 0.406 e. The Morgan fingerprint density at radius 3 is 2.45 bits per heavy atom. The van der Waals surface area contributed by atoms with Gasteiger partial charge in [0.05, 0.1) is 11.8 Å². The molecule has 10 heteroatoms. The number of alkyl halides is 3. The van der Waals surface area contributed by atoms with Crippen LogP contribution in [0.4, 0.5) is 19.2 Å². The summed E-state index contributed by atoms with van der Waals surface area (Å²) in [6.45, 7) is 9.28. The summed E-state index contributed by atoms with van der Waals surface area (Å²) >= 11 is 0. The van der Waals surface area contributed by atoms with Crippen molar-refractivity contribution in [2.24, 2.45) is 0 Å². The molecule has 0 amide bonds. The molecule has 1 saturated heterocycles. The molecule has 0 atom stereocenters. The third-order valence-corrected chi connectivity index (χ3v) is 4.45. The molecule has 29 heavy (non-hydrogen) atoms. The van der Waals surface area contributed by atoms with Crippen LogP contribution in [0.3, 0.4) is 0 Å². The Hall–Kier alpha value is -2.75. The number of hydroxylamine groups is 1. The van der Waals surface area contributed by atoms with Crippen molar-refractivity contribution in [3.63, 3.8) is 0 Å². The van der Waals surface area contributed by atoms with E-state index in [1.54, 1.807) is 0 Å². The normalized spacial score (nSPS) is 15.6. The van der Waals surface area contributed by atoms with E-state index in [1.165, 1.54) is 24.3 Å². The molecule has 1 N–H and O–H groups in total. The lowest BCUT2D eigenvalue weighted by Crippen LogP contribution is -2.39. The molecule has 0 aliphatic carbocycles. The van der Waals surface area contributed by atoms with E-state index in [0.717, 1.165) is 12.8 Å². The lowest BCUT2D eigenvalue weighted by atomic mass is 10.1. The molecule has 0 unspecified atom stereocenters. The van der Waals surface area contributed by atoms with E-state index in [4.69, 9.17) is 9.36 Å². The molecule has 1 aliphatic rings. The van der Waals surface area contributed by atoms with Crippen LogP contribution in [0.1, 0.15) is 44.0 Å². The fourth-order valence-electron chi connectivity index (χ4n) is 2.83. The minimum Gasteiger partial charge on any atom is -0.406 e. The summed E-state index contributed by atoms with van der Waals surface area (Å²) in [6.07, 6.45) is -3.26. The summed E-state index contributed by atoms with van der Waals surface area (Å²) in [4.78, 5) is 12.1. The molecule has 2 aromatic rings. The first kappa shape index (κ1) is 21.0. The highest BCUT2D eigenvalue weighted by Crippen LogP contribution is 2.25. The SMILES string of the molecule is C=C(NOC1CCN(c2nc(C(C)C)no2)CC1)c1ccc(OC(F)(F)F)cc1. The van der Waals surface area contributed by atoms with Crippen molar-refractivity contribution in [1.29, 1.82) is 0 Å². The van der Waals surface area contributed by atoms with Crippen molar-refractivity contribution in [1.82, 2.24) is 15.6 Å². The van der Waals surface area contributed by atoms with Gasteiger partial charge in [0.1, 0.15) is 5.75 Å². The molecule has 1 fully saturated rings. The number of rotatable bonds is 7. The van der Waals surface area contributed by atoms with E-state index in [2.05, 4.69) is 26.9 Å². The van der Waals surface area contributed by atoms with E-state index in [-0.39, 0.29) is 17.8 Å². The highest BCUT2D eigenvalue weighted by molar-refractivity contribution is 5.61. The van der Waals surface area contributed by atoms with Gasteiger partial charge in [-0.25, -0.2) is 0 Å². The van der Waals surface area contributed by atoms with Gasteiger partial charge in [0, 0.05) is 19.0 Å². The Kier molecular flexibility index (Phi) is 6.31. The van der Waals surface area contributed by atoms with Gasteiger partial charge in [-0.3, -0.25) is 10.3 Å². The first-order valence-corrected chi connectivity index (χ1v) is 9.26. The summed E-state index contributed by atoms with van der Waals surface area (Å²) in [5.74, 6) is 0.602. The number of ether oxygens (including phenoxy) is 1. The predicted octanol–water partition coefficient (Wildman–Crippen LogP) is 4.25. The minimum atomic E-state index is -4.72. The quantitative estimate of drug-likeness (QED) is 0.682. The Morgan fingerprint density at radius 2 is 1.90 bits per heavy atom. The lowest BCUT2D eigenvalue weighted by Gasteiger charge is -2.30. The van der Waals surface area contributed by atoms with Crippen molar-refractivity contribution in [3.05, 3.63) is 42.2 Å². The van der Waals surface area contributed by atoms with Gasteiger partial charge < -0.3 is 14.2 Å². The number of hydrogen-bond acceptors (Lipinski definition) is 7. The highest BCUT2D eigenvalue weighted by Gasteiger charge is 2.31. The summed E-state index contributed by atoms with van der Waals surface area (Å²) in [6, 6.07) is 5.92. The number of halogens is 3. The average molecular weight is 412 g/mol. The Morgan fingerprint density at radius 1 is 1.24 bits per heavy atom. The van der Waals surface area contributed by atoms with Crippen molar-refractivity contribution in [2.45, 2.75) is 45.1 Å². The van der Waals surface area contributed by atoms with Gasteiger partial charge in [-0.2, -0.15) is 4.98 Å². The number of aromatic nitrogens is 2. The molecule has 1 aliphatic heterocycles. The number of piperidine rings is 1. The zero-order chi connectivity index (χ0) is 21.0. The fraction of sp³-hybridized carbons (Fsp3) is 0.474. The molecule has 0 radical (unpaired) electrons. The molecule has 0 spiro atoms. The van der Waals surface area contributed by atoms with Gasteiger partial charge in [0.2, 0.25) is 0 Å². The first-order chi connectivity index (χ1) is 13.7. The summed E-state index contributed by atoms with van der Waals surface area (Å²) in [7, 11) is 0. The Balaban J connectivity index is 1.44. The van der Waals surface area contributed by atoms with Crippen LogP contribution >= 0.6 is 0 Å². The molecule has 158 valence electrons. The van der Waals surface area contributed by atoms with E-state index >= 15 is 0 Å². The molecule has 7 nitrogen and oxygen atoms in total. The van der Waals surface area contributed by atoms with Crippen molar-refractivity contribution < 1.29 is 27.3 Å². The minimum absolute atomic E-state index is 0.0386. The van der Waals surface area contributed by atoms with Gasteiger partial charge in [-0.15, -0.1) is 13.2 Å². The van der Waals surface area contributed by atoms with E-state index < -0.39 is 6.36 Å². The van der Waals surface area contributed by atoms with Crippen molar-refractivity contribution in [3.8, 4) is 5.75 Å². The second kappa shape index (κ2) is 8.73. The maximum Gasteiger partial charge on any atom is 0.573 e. The third-order valence-electron chi connectivity index (χ3n) is 4.45. The molecule has 3 rings (SSSR count). The number of nitrogens with zero attached hydrogens (tertiary/aromatic N) is 3.